The van der Waals surface area contributed by atoms with E-state index in [-0.39, 0.29) is 5.91 Å². The molecule has 2 atom stereocenters. The van der Waals surface area contributed by atoms with Gasteiger partial charge in [-0.2, -0.15) is 0 Å². The molecule has 2 rings (SSSR count). The zero-order valence-corrected chi connectivity index (χ0v) is 12.4. The number of carbonyl (C=O) groups excluding carboxylic acids is 1. The monoisotopic (exact) mass is 268 g/mol. The lowest BCUT2D eigenvalue weighted by Crippen LogP contribution is -2.49. The van der Waals surface area contributed by atoms with Crippen molar-refractivity contribution in [1.82, 2.24) is 10.2 Å². The number of hydrogen-bond donors (Lipinski definition) is 1. The Labute approximate surface area is 116 Å². The normalized spacial score (nSPS) is 29.5. The minimum atomic E-state index is 0.215. The highest BCUT2D eigenvalue weighted by molar-refractivity contribution is 5.73. The molecule has 2 fully saturated rings. The van der Waals surface area contributed by atoms with Gasteiger partial charge in [0, 0.05) is 38.7 Å². The number of ether oxygens (including phenoxy) is 1. The highest BCUT2D eigenvalue weighted by atomic mass is 16.5. The Morgan fingerprint density at radius 1 is 1.26 bits per heavy atom. The molecule has 0 aromatic heterocycles. The van der Waals surface area contributed by atoms with Crippen molar-refractivity contribution < 1.29 is 9.53 Å². The zero-order chi connectivity index (χ0) is 13.7. The lowest BCUT2D eigenvalue weighted by atomic mass is 9.97. The first-order valence-corrected chi connectivity index (χ1v) is 7.82. The Hall–Kier alpha value is -0.610. The lowest BCUT2D eigenvalue weighted by Gasteiger charge is -2.37. The van der Waals surface area contributed by atoms with Gasteiger partial charge in [0.05, 0.1) is 6.10 Å². The summed E-state index contributed by atoms with van der Waals surface area (Å²) in [5, 5.41) is 3.79. The predicted octanol–water partition coefficient (Wildman–Crippen LogP) is 1.93. The van der Waals surface area contributed by atoms with Crippen LogP contribution in [0.2, 0.25) is 0 Å². The summed E-state index contributed by atoms with van der Waals surface area (Å²) in [6.45, 7) is 6.61. The highest BCUT2D eigenvalue weighted by Gasteiger charge is 2.26. The third-order valence-corrected chi connectivity index (χ3v) is 4.39. The van der Waals surface area contributed by atoms with E-state index in [9.17, 15) is 4.79 Å². The Morgan fingerprint density at radius 3 is 2.63 bits per heavy atom. The molecule has 1 amide bonds. The van der Waals surface area contributed by atoms with Gasteiger partial charge in [-0.1, -0.05) is 13.3 Å². The largest absolute Gasteiger partial charge is 0.378 e. The van der Waals surface area contributed by atoms with Crippen LogP contribution in [0.5, 0.6) is 0 Å². The summed E-state index contributed by atoms with van der Waals surface area (Å²) in [5.41, 5.74) is 0. The van der Waals surface area contributed by atoms with Crippen LogP contribution in [0, 0.1) is 0 Å². The van der Waals surface area contributed by atoms with E-state index in [0.717, 1.165) is 45.4 Å². The highest BCUT2D eigenvalue weighted by Crippen LogP contribution is 2.20. The number of piperidine rings is 1. The van der Waals surface area contributed by atoms with Crippen LogP contribution in [0.4, 0.5) is 0 Å². The van der Waals surface area contributed by atoms with Crippen molar-refractivity contribution >= 4 is 5.91 Å². The number of likely N-dealkylation sites (tertiary alicyclic amines) is 1. The van der Waals surface area contributed by atoms with Gasteiger partial charge in [0.2, 0.25) is 5.91 Å². The third kappa shape index (κ3) is 4.46. The molecular weight excluding hydrogens is 240 g/mol. The number of nitrogens with zero attached hydrogens (tertiary/aromatic N) is 1. The molecule has 19 heavy (non-hydrogen) atoms. The minimum absolute atomic E-state index is 0.215. The number of carbonyl (C=O) groups is 1. The van der Waals surface area contributed by atoms with Crippen LogP contribution in [0.15, 0.2) is 0 Å². The summed E-state index contributed by atoms with van der Waals surface area (Å²) >= 11 is 0. The SMILES string of the molecule is CCCC1CC(NC2CCN(C(C)=O)CC2)CCO1. The topological polar surface area (TPSA) is 41.6 Å². The summed E-state index contributed by atoms with van der Waals surface area (Å²) in [4.78, 5) is 13.3. The Kier molecular flexibility index (Phi) is 5.64. The van der Waals surface area contributed by atoms with E-state index in [2.05, 4.69) is 12.2 Å². The van der Waals surface area contributed by atoms with E-state index in [1.165, 1.54) is 12.8 Å². The molecule has 1 N–H and O–H groups in total. The van der Waals surface area contributed by atoms with Gasteiger partial charge in [-0.15, -0.1) is 0 Å². The minimum Gasteiger partial charge on any atom is -0.378 e. The molecule has 2 aliphatic heterocycles. The second-order valence-electron chi connectivity index (χ2n) is 5.95. The number of nitrogens with one attached hydrogen (secondary N) is 1. The fourth-order valence-corrected chi connectivity index (χ4v) is 3.25. The smallest absolute Gasteiger partial charge is 0.219 e. The Bertz CT molecular complexity index is 286. The van der Waals surface area contributed by atoms with Gasteiger partial charge in [0.1, 0.15) is 0 Å². The van der Waals surface area contributed by atoms with Crippen molar-refractivity contribution in [3.05, 3.63) is 0 Å². The van der Waals surface area contributed by atoms with Crippen molar-refractivity contribution in [2.45, 2.75) is 70.6 Å². The van der Waals surface area contributed by atoms with E-state index < -0.39 is 0 Å². The van der Waals surface area contributed by atoms with Crippen molar-refractivity contribution in [2.24, 2.45) is 0 Å². The first kappa shape index (κ1) is 14.8. The van der Waals surface area contributed by atoms with Gasteiger partial charge >= 0.3 is 0 Å². The fourth-order valence-electron chi connectivity index (χ4n) is 3.25. The van der Waals surface area contributed by atoms with Crippen LogP contribution in [0.25, 0.3) is 0 Å². The first-order valence-electron chi connectivity index (χ1n) is 7.82. The average Bonchev–Trinajstić information content (AvgIpc) is 2.40. The van der Waals surface area contributed by atoms with E-state index >= 15 is 0 Å². The molecule has 2 saturated heterocycles. The van der Waals surface area contributed by atoms with Gasteiger partial charge in [0.25, 0.3) is 0 Å². The maximum atomic E-state index is 11.3. The molecule has 4 nitrogen and oxygen atoms in total. The van der Waals surface area contributed by atoms with Crippen molar-refractivity contribution in [3.63, 3.8) is 0 Å². The summed E-state index contributed by atoms with van der Waals surface area (Å²) < 4.78 is 5.79. The van der Waals surface area contributed by atoms with Gasteiger partial charge in [-0.25, -0.2) is 0 Å². The van der Waals surface area contributed by atoms with Gasteiger partial charge in [-0.3, -0.25) is 4.79 Å². The van der Waals surface area contributed by atoms with Crippen LogP contribution in [-0.2, 0) is 9.53 Å². The second kappa shape index (κ2) is 7.25. The predicted molar refractivity (Wildman–Crippen MR) is 76.1 cm³/mol. The maximum absolute atomic E-state index is 11.3. The second-order valence-corrected chi connectivity index (χ2v) is 5.95. The van der Waals surface area contributed by atoms with Crippen LogP contribution in [0.1, 0.15) is 52.4 Å². The first-order chi connectivity index (χ1) is 9.19. The van der Waals surface area contributed by atoms with E-state index in [0.29, 0.717) is 18.2 Å². The summed E-state index contributed by atoms with van der Waals surface area (Å²) in [5.74, 6) is 0.215. The van der Waals surface area contributed by atoms with E-state index in [1.54, 1.807) is 6.92 Å². The molecule has 4 heteroatoms. The van der Waals surface area contributed by atoms with Gasteiger partial charge < -0.3 is 15.0 Å². The number of hydrogen-bond acceptors (Lipinski definition) is 3. The quantitative estimate of drug-likeness (QED) is 0.847. The summed E-state index contributed by atoms with van der Waals surface area (Å²) in [6.07, 6.45) is 7.31. The molecule has 0 saturated carbocycles. The van der Waals surface area contributed by atoms with Crippen LogP contribution in [0.3, 0.4) is 0 Å². The Balaban J connectivity index is 1.71. The molecule has 0 aliphatic carbocycles. The molecule has 110 valence electrons. The maximum Gasteiger partial charge on any atom is 0.219 e. The summed E-state index contributed by atoms with van der Waals surface area (Å²) in [6, 6.07) is 1.19. The average molecular weight is 268 g/mol. The number of amides is 1. The van der Waals surface area contributed by atoms with E-state index in [4.69, 9.17) is 4.74 Å². The fraction of sp³-hybridized carbons (Fsp3) is 0.933. The molecule has 0 bridgehead atoms. The zero-order valence-electron chi connectivity index (χ0n) is 12.4. The molecule has 0 radical (unpaired) electrons. The molecule has 2 unspecified atom stereocenters. The standard InChI is InChI=1S/C15H28N2O2/c1-3-4-15-11-14(7-10-19-15)16-13-5-8-17(9-6-13)12(2)18/h13-16H,3-11H2,1-2H3. The van der Waals surface area contributed by atoms with E-state index in [1.807, 2.05) is 4.90 Å². The molecule has 2 aliphatic rings. The number of rotatable bonds is 4. The summed E-state index contributed by atoms with van der Waals surface area (Å²) in [7, 11) is 0. The molecule has 0 aromatic carbocycles. The van der Waals surface area contributed by atoms with Gasteiger partial charge in [-0.05, 0) is 32.1 Å². The van der Waals surface area contributed by atoms with Crippen molar-refractivity contribution in [1.29, 1.82) is 0 Å². The van der Waals surface area contributed by atoms with Gasteiger partial charge in [0.15, 0.2) is 0 Å². The molecule has 2 heterocycles. The van der Waals surface area contributed by atoms with Crippen LogP contribution in [-0.4, -0.2) is 48.7 Å². The lowest BCUT2D eigenvalue weighted by molar-refractivity contribution is -0.129. The third-order valence-electron chi connectivity index (χ3n) is 4.39. The van der Waals surface area contributed by atoms with Crippen LogP contribution < -0.4 is 5.32 Å². The van der Waals surface area contributed by atoms with Crippen molar-refractivity contribution in [3.8, 4) is 0 Å². The molecule has 0 spiro atoms. The van der Waals surface area contributed by atoms with Crippen LogP contribution >= 0.6 is 0 Å². The Morgan fingerprint density at radius 2 is 2.00 bits per heavy atom. The van der Waals surface area contributed by atoms with Crippen molar-refractivity contribution in [2.75, 3.05) is 19.7 Å². The molecular formula is C15H28N2O2. The molecule has 0 aromatic rings.